The van der Waals surface area contributed by atoms with Crippen molar-refractivity contribution in [3.8, 4) is 11.3 Å². The lowest BCUT2D eigenvalue weighted by Crippen LogP contribution is -2.38. The van der Waals surface area contributed by atoms with Crippen LogP contribution in [0.1, 0.15) is 44.0 Å². The van der Waals surface area contributed by atoms with Crippen LogP contribution in [0.15, 0.2) is 29.1 Å². The highest BCUT2D eigenvalue weighted by molar-refractivity contribution is 7.92. The molecule has 1 aliphatic heterocycles. The van der Waals surface area contributed by atoms with E-state index in [1.807, 2.05) is 13.0 Å². The van der Waals surface area contributed by atoms with Crippen molar-refractivity contribution in [3.63, 3.8) is 0 Å². The van der Waals surface area contributed by atoms with Crippen molar-refractivity contribution in [1.82, 2.24) is 4.98 Å². The minimum Gasteiger partial charge on any atom is -0.356 e. The Morgan fingerprint density at radius 2 is 1.85 bits per heavy atom. The van der Waals surface area contributed by atoms with E-state index in [9.17, 15) is 13.2 Å². The van der Waals surface area contributed by atoms with E-state index in [1.165, 1.54) is 15.9 Å². The summed E-state index contributed by atoms with van der Waals surface area (Å²) in [6, 6.07) is 7.78. The third-order valence-corrected chi connectivity index (χ3v) is 6.07. The van der Waals surface area contributed by atoms with Crippen molar-refractivity contribution in [3.05, 3.63) is 51.3 Å². The molecule has 26 heavy (non-hydrogen) atoms. The van der Waals surface area contributed by atoms with Gasteiger partial charge in [0.05, 0.1) is 6.26 Å². The lowest BCUT2D eigenvalue weighted by molar-refractivity contribution is 0.589. The molecule has 0 saturated carbocycles. The molecule has 0 aliphatic carbocycles. The molecule has 140 valence electrons. The maximum absolute atomic E-state index is 12.7. The van der Waals surface area contributed by atoms with Crippen LogP contribution in [0.5, 0.6) is 0 Å². The number of aromatic nitrogens is 1. The number of nitrogens with zero attached hydrogens (tertiary/aromatic N) is 1. The van der Waals surface area contributed by atoms with Crippen molar-refractivity contribution in [2.24, 2.45) is 0 Å². The molecule has 0 atom stereocenters. The summed E-state index contributed by atoms with van der Waals surface area (Å²) < 4.78 is 25.3. The topological polar surface area (TPSA) is 70.2 Å². The molecule has 1 aliphatic rings. The SMILES string of the molecule is Cc1cc(C(C)(C)C)ccc1-c1cc(=O)c2c([nH]1)CCCN2S(C)(=O)=O. The third kappa shape index (κ3) is 3.43. The lowest BCUT2D eigenvalue weighted by Gasteiger charge is -2.28. The summed E-state index contributed by atoms with van der Waals surface area (Å²) in [7, 11) is -3.46. The van der Waals surface area contributed by atoms with Gasteiger partial charge in [-0.2, -0.15) is 0 Å². The van der Waals surface area contributed by atoms with Gasteiger partial charge in [0, 0.05) is 29.6 Å². The van der Waals surface area contributed by atoms with Crippen molar-refractivity contribution < 1.29 is 8.42 Å². The Kier molecular flexibility index (Phi) is 4.51. The van der Waals surface area contributed by atoms with E-state index in [4.69, 9.17) is 0 Å². The molecule has 5 nitrogen and oxygen atoms in total. The number of aryl methyl sites for hydroxylation is 2. The van der Waals surface area contributed by atoms with Gasteiger partial charge in [-0.1, -0.05) is 39.0 Å². The Labute approximate surface area is 155 Å². The van der Waals surface area contributed by atoms with Crippen LogP contribution in [0, 0.1) is 6.92 Å². The number of sulfonamides is 1. The van der Waals surface area contributed by atoms with E-state index in [0.717, 1.165) is 23.1 Å². The number of hydrogen-bond donors (Lipinski definition) is 1. The smallest absolute Gasteiger partial charge is 0.232 e. The second-order valence-corrected chi connectivity index (χ2v) is 10.00. The number of pyridine rings is 1. The summed E-state index contributed by atoms with van der Waals surface area (Å²) in [5.74, 6) is 0. The first-order chi connectivity index (χ1) is 12.0. The standard InChI is InChI=1S/C20H26N2O3S/c1-13-11-14(20(2,3)4)8-9-15(13)17-12-18(23)19-16(21-17)7-6-10-22(19)26(5,24)25/h8-9,11-12H,6-7,10H2,1-5H3,(H,21,23). The van der Waals surface area contributed by atoms with Gasteiger partial charge < -0.3 is 4.98 Å². The normalized spacial score (nSPS) is 15.0. The molecule has 0 unspecified atom stereocenters. The van der Waals surface area contributed by atoms with Crippen LogP contribution in [0.4, 0.5) is 5.69 Å². The Balaban J connectivity index is 2.13. The zero-order valence-electron chi connectivity index (χ0n) is 16.0. The predicted molar refractivity (Wildman–Crippen MR) is 106 cm³/mol. The highest BCUT2D eigenvalue weighted by Crippen LogP contribution is 2.31. The Bertz CT molecular complexity index is 1010. The van der Waals surface area contributed by atoms with Crippen LogP contribution >= 0.6 is 0 Å². The van der Waals surface area contributed by atoms with E-state index < -0.39 is 10.0 Å². The molecule has 1 aromatic carbocycles. The average Bonchev–Trinajstić information content (AvgIpc) is 2.52. The average molecular weight is 375 g/mol. The number of fused-ring (bicyclic) bond motifs is 1. The van der Waals surface area contributed by atoms with Crippen molar-refractivity contribution in [2.75, 3.05) is 17.1 Å². The van der Waals surface area contributed by atoms with Gasteiger partial charge >= 0.3 is 0 Å². The molecule has 0 amide bonds. The monoisotopic (exact) mass is 374 g/mol. The van der Waals surface area contributed by atoms with Gasteiger partial charge in [-0.25, -0.2) is 8.42 Å². The Hall–Kier alpha value is -2.08. The molecule has 0 bridgehead atoms. The summed E-state index contributed by atoms with van der Waals surface area (Å²) in [5.41, 5.74) is 4.80. The highest BCUT2D eigenvalue weighted by atomic mass is 32.2. The van der Waals surface area contributed by atoms with Crippen molar-refractivity contribution in [2.45, 2.75) is 46.0 Å². The molecule has 1 N–H and O–H groups in total. The zero-order valence-corrected chi connectivity index (χ0v) is 16.8. The van der Waals surface area contributed by atoms with Crippen LogP contribution in [0.25, 0.3) is 11.3 Å². The van der Waals surface area contributed by atoms with Gasteiger partial charge in [0.25, 0.3) is 0 Å². The predicted octanol–water partition coefficient (Wildman–Crippen LogP) is 3.36. The first kappa shape index (κ1) is 18.7. The summed E-state index contributed by atoms with van der Waals surface area (Å²) in [5, 5.41) is 0. The first-order valence-electron chi connectivity index (χ1n) is 8.84. The van der Waals surface area contributed by atoms with E-state index in [2.05, 4.69) is 37.9 Å². The molecule has 0 fully saturated rings. The fourth-order valence-corrected chi connectivity index (χ4v) is 4.47. The maximum atomic E-state index is 12.7. The number of anilines is 1. The molecule has 2 heterocycles. The van der Waals surface area contributed by atoms with E-state index >= 15 is 0 Å². The number of H-pyrrole nitrogens is 1. The molecular weight excluding hydrogens is 348 g/mol. The number of rotatable bonds is 2. The highest BCUT2D eigenvalue weighted by Gasteiger charge is 2.27. The first-order valence-corrected chi connectivity index (χ1v) is 10.7. The second-order valence-electron chi connectivity index (χ2n) is 8.09. The van der Waals surface area contributed by atoms with E-state index in [-0.39, 0.29) is 16.5 Å². The number of nitrogens with one attached hydrogen (secondary N) is 1. The van der Waals surface area contributed by atoms with Gasteiger partial charge in [0.2, 0.25) is 15.5 Å². The van der Waals surface area contributed by atoms with Crippen LogP contribution in [0.2, 0.25) is 0 Å². The van der Waals surface area contributed by atoms with Crippen molar-refractivity contribution in [1.29, 1.82) is 0 Å². The quantitative estimate of drug-likeness (QED) is 0.876. The largest absolute Gasteiger partial charge is 0.356 e. The molecule has 3 rings (SSSR count). The Morgan fingerprint density at radius 3 is 2.42 bits per heavy atom. The third-order valence-electron chi connectivity index (χ3n) is 4.90. The summed E-state index contributed by atoms with van der Waals surface area (Å²) in [4.78, 5) is 16.0. The molecule has 0 saturated heterocycles. The zero-order chi connectivity index (χ0) is 19.3. The van der Waals surface area contributed by atoms with Crippen molar-refractivity contribution >= 4 is 15.7 Å². The molecular formula is C20H26N2O3S. The van der Waals surface area contributed by atoms with Gasteiger partial charge in [-0.3, -0.25) is 9.10 Å². The molecule has 0 spiro atoms. The second kappa shape index (κ2) is 6.27. The minimum atomic E-state index is -3.46. The Morgan fingerprint density at radius 1 is 1.15 bits per heavy atom. The minimum absolute atomic E-state index is 0.0581. The molecule has 6 heteroatoms. The summed E-state index contributed by atoms with van der Waals surface area (Å²) in [6.07, 6.45) is 2.51. The fraction of sp³-hybridized carbons (Fsp3) is 0.450. The fourth-order valence-electron chi connectivity index (χ4n) is 3.48. The van der Waals surface area contributed by atoms with Gasteiger partial charge in [-0.15, -0.1) is 0 Å². The van der Waals surface area contributed by atoms with Gasteiger partial charge in [-0.05, 0) is 36.3 Å². The number of aromatic amines is 1. The van der Waals surface area contributed by atoms with E-state index in [1.54, 1.807) is 0 Å². The maximum Gasteiger partial charge on any atom is 0.232 e. The van der Waals surface area contributed by atoms with Gasteiger partial charge in [0.15, 0.2) is 0 Å². The molecule has 1 aromatic heterocycles. The molecule has 2 aromatic rings. The van der Waals surface area contributed by atoms with Crippen LogP contribution in [-0.2, 0) is 21.9 Å². The molecule has 0 radical (unpaired) electrons. The number of benzene rings is 1. The van der Waals surface area contributed by atoms with E-state index in [0.29, 0.717) is 25.1 Å². The van der Waals surface area contributed by atoms with Crippen LogP contribution in [0.3, 0.4) is 0 Å². The summed E-state index contributed by atoms with van der Waals surface area (Å²) in [6.45, 7) is 8.89. The summed E-state index contributed by atoms with van der Waals surface area (Å²) >= 11 is 0. The van der Waals surface area contributed by atoms with Crippen LogP contribution < -0.4 is 9.73 Å². The number of hydrogen-bond acceptors (Lipinski definition) is 3. The lowest BCUT2D eigenvalue weighted by atomic mass is 9.85. The van der Waals surface area contributed by atoms with Crippen LogP contribution in [-0.4, -0.2) is 26.2 Å². The van der Waals surface area contributed by atoms with Gasteiger partial charge in [0.1, 0.15) is 5.69 Å².